The molecule has 2 aromatic rings. The van der Waals surface area contributed by atoms with Crippen molar-refractivity contribution in [3.8, 4) is 0 Å². The molecule has 3 heterocycles. The lowest BCUT2D eigenvalue weighted by molar-refractivity contribution is 0.0754. The maximum absolute atomic E-state index is 13.0. The number of nitrogens with zero attached hydrogens (tertiary/aromatic N) is 3. The molecule has 5 heteroatoms. The third kappa shape index (κ3) is 2.86. The Morgan fingerprint density at radius 2 is 2.08 bits per heavy atom. The van der Waals surface area contributed by atoms with Crippen LogP contribution in [0.2, 0.25) is 0 Å². The van der Waals surface area contributed by atoms with Gasteiger partial charge < -0.3 is 4.90 Å². The van der Waals surface area contributed by atoms with Gasteiger partial charge in [-0.15, -0.1) is 11.3 Å². The summed E-state index contributed by atoms with van der Waals surface area (Å²) in [4.78, 5) is 25.0. The lowest BCUT2D eigenvalue weighted by atomic mass is 9.94. The van der Waals surface area contributed by atoms with E-state index in [1.165, 1.54) is 24.0 Å². The topological polar surface area (TPSA) is 46.1 Å². The molecule has 0 saturated carbocycles. The minimum atomic E-state index is 0.173. The fraction of sp³-hybridized carbons (Fsp3) is 0.526. The molecule has 2 aliphatic rings. The molecule has 0 radical (unpaired) electrons. The molecule has 1 aliphatic heterocycles. The maximum atomic E-state index is 13.0. The number of aryl methyl sites for hydroxylation is 1. The van der Waals surface area contributed by atoms with Crippen LogP contribution in [-0.2, 0) is 32.4 Å². The number of thiophene rings is 1. The molecule has 0 fully saturated rings. The Labute approximate surface area is 146 Å². The molecule has 1 amide bonds. The van der Waals surface area contributed by atoms with Crippen LogP contribution in [0.3, 0.4) is 0 Å². The zero-order chi connectivity index (χ0) is 16.7. The number of hydrogen-bond acceptors (Lipinski definition) is 4. The minimum Gasteiger partial charge on any atom is -0.328 e. The van der Waals surface area contributed by atoms with Crippen molar-refractivity contribution >= 4 is 17.2 Å². The zero-order valence-corrected chi connectivity index (χ0v) is 15.2. The van der Waals surface area contributed by atoms with Crippen LogP contribution in [0.15, 0.2) is 11.6 Å². The number of amides is 1. The van der Waals surface area contributed by atoms with Crippen molar-refractivity contribution in [3.05, 3.63) is 44.7 Å². The van der Waals surface area contributed by atoms with E-state index in [0.717, 1.165) is 41.2 Å². The number of aromatic nitrogens is 2. The number of hydrogen-bond donors (Lipinski definition) is 0. The zero-order valence-electron chi connectivity index (χ0n) is 14.3. The quantitative estimate of drug-likeness (QED) is 0.854. The fourth-order valence-electron chi connectivity index (χ4n) is 3.64. The summed E-state index contributed by atoms with van der Waals surface area (Å²) in [5.41, 5.74) is 4.82. The van der Waals surface area contributed by atoms with Crippen LogP contribution < -0.4 is 0 Å². The molecule has 0 atom stereocenters. The van der Waals surface area contributed by atoms with Crippen LogP contribution in [0, 0.1) is 5.92 Å². The Morgan fingerprint density at radius 1 is 1.25 bits per heavy atom. The van der Waals surface area contributed by atoms with Crippen molar-refractivity contribution in [2.24, 2.45) is 5.92 Å². The lowest BCUT2D eigenvalue weighted by Crippen LogP contribution is -2.25. The first kappa shape index (κ1) is 15.8. The van der Waals surface area contributed by atoms with Crippen molar-refractivity contribution in [2.75, 3.05) is 0 Å². The Morgan fingerprint density at radius 3 is 2.92 bits per heavy atom. The molecular formula is C19H23N3OS. The van der Waals surface area contributed by atoms with E-state index in [1.807, 2.05) is 11.1 Å². The summed E-state index contributed by atoms with van der Waals surface area (Å²) in [6, 6.07) is 0. The fourth-order valence-corrected chi connectivity index (χ4v) is 4.77. The molecular weight excluding hydrogens is 318 g/mol. The predicted octanol–water partition coefficient (Wildman–Crippen LogP) is 3.77. The van der Waals surface area contributed by atoms with Gasteiger partial charge in [-0.1, -0.05) is 13.8 Å². The molecule has 126 valence electrons. The van der Waals surface area contributed by atoms with E-state index < -0.39 is 0 Å². The van der Waals surface area contributed by atoms with E-state index >= 15 is 0 Å². The van der Waals surface area contributed by atoms with Crippen molar-refractivity contribution < 1.29 is 4.79 Å². The molecule has 0 unspecified atom stereocenters. The molecule has 0 bridgehead atoms. The molecule has 4 rings (SSSR count). The number of carbonyl (C=O) groups is 1. The highest BCUT2D eigenvalue weighted by atomic mass is 32.1. The van der Waals surface area contributed by atoms with Crippen LogP contribution in [0.25, 0.3) is 0 Å². The summed E-state index contributed by atoms with van der Waals surface area (Å²) in [5, 5.41) is 2.19. The number of fused-ring (bicyclic) bond motifs is 2. The average Bonchev–Trinajstić information content (AvgIpc) is 3.17. The van der Waals surface area contributed by atoms with Gasteiger partial charge in [-0.05, 0) is 48.1 Å². The smallest absolute Gasteiger partial charge is 0.264 e. The van der Waals surface area contributed by atoms with Crippen molar-refractivity contribution in [3.63, 3.8) is 0 Å². The van der Waals surface area contributed by atoms with Crippen LogP contribution in [0.5, 0.6) is 0 Å². The van der Waals surface area contributed by atoms with E-state index in [-0.39, 0.29) is 5.91 Å². The first-order chi connectivity index (χ1) is 11.6. The van der Waals surface area contributed by atoms with Gasteiger partial charge in [0.05, 0.1) is 17.1 Å². The molecule has 0 N–H and O–H groups in total. The Balaban J connectivity index is 1.54. The van der Waals surface area contributed by atoms with Gasteiger partial charge in [-0.25, -0.2) is 9.97 Å². The summed E-state index contributed by atoms with van der Waals surface area (Å²) in [5.74, 6) is 1.61. The van der Waals surface area contributed by atoms with Gasteiger partial charge in [-0.3, -0.25) is 4.79 Å². The van der Waals surface area contributed by atoms with Gasteiger partial charge in [0.15, 0.2) is 0 Å². The van der Waals surface area contributed by atoms with E-state index in [9.17, 15) is 4.79 Å². The largest absolute Gasteiger partial charge is 0.328 e. The molecule has 24 heavy (non-hydrogen) atoms. The van der Waals surface area contributed by atoms with Gasteiger partial charge in [-0.2, -0.15) is 0 Å². The first-order valence-electron chi connectivity index (χ1n) is 8.84. The van der Waals surface area contributed by atoms with E-state index in [0.29, 0.717) is 19.0 Å². The van der Waals surface area contributed by atoms with Crippen molar-refractivity contribution in [2.45, 2.75) is 59.0 Å². The lowest BCUT2D eigenvalue weighted by Gasteiger charge is -2.17. The minimum absolute atomic E-state index is 0.173. The van der Waals surface area contributed by atoms with Gasteiger partial charge in [0.1, 0.15) is 5.82 Å². The monoisotopic (exact) mass is 341 g/mol. The highest BCUT2D eigenvalue weighted by Gasteiger charge is 2.29. The average molecular weight is 341 g/mol. The molecule has 0 spiro atoms. The van der Waals surface area contributed by atoms with E-state index in [4.69, 9.17) is 4.98 Å². The summed E-state index contributed by atoms with van der Waals surface area (Å²) in [6.07, 6.45) is 7.44. The number of carbonyl (C=O) groups excluding carboxylic acids is 1. The Bertz CT molecular complexity index is 781. The second-order valence-electron chi connectivity index (χ2n) is 7.29. The molecule has 0 saturated heterocycles. The molecule has 0 aromatic carbocycles. The molecule has 1 aliphatic carbocycles. The summed E-state index contributed by atoms with van der Waals surface area (Å²) < 4.78 is 0. The summed E-state index contributed by atoms with van der Waals surface area (Å²) >= 11 is 1.62. The van der Waals surface area contributed by atoms with Gasteiger partial charge >= 0.3 is 0 Å². The van der Waals surface area contributed by atoms with Crippen LogP contribution in [0.1, 0.15) is 64.6 Å². The molecule has 4 nitrogen and oxygen atoms in total. The van der Waals surface area contributed by atoms with E-state index in [1.54, 1.807) is 11.3 Å². The third-order valence-corrected chi connectivity index (χ3v) is 5.94. The van der Waals surface area contributed by atoms with Crippen LogP contribution in [0.4, 0.5) is 0 Å². The van der Waals surface area contributed by atoms with Crippen LogP contribution >= 0.6 is 11.3 Å². The van der Waals surface area contributed by atoms with Gasteiger partial charge in [0, 0.05) is 24.7 Å². The van der Waals surface area contributed by atoms with Crippen LogP contribution in [-0.4, -0.2) is 20.8 Å². The highest BCUT2D eigenvalue weighted by molar-refractivity contribution is 7.12. The Kier molecular flexibility index (Phi) is 4.12. The third-order valence-electron chi connectivity index (χ3n) is 4.88. The normalized spacial score (nSPS) is 16.4. The van der Waals surface area contributed by atoms with E-state index in [2.05, 4.69) is 24.2 Å². The first-order valence-corrected chi connectivity index (χ1v) is 9.72. The molecule has 2 aromatic heterocycles. The maximum Gasteiger partial charge on any atom is 0.264 e. The second kappa shape index (κ2) is 6.28. The summed E-state index contributed by atoms with van der Waals surface area (Å²) in [7, 11) is 0. The SMILES string of the molecule is CC(C)Cc1ncc2c(n1)CN(C(=O)c1scc3c1CCCC3)C2. The summed E-state index contributed by atoms with van der Waals surface area (Å²) in [6.45, 7) is 5.61. The standard InChI is InChI=1S/C19H23N3OS/c1-12(2)7-17-20-8-14-9-22(10-16(14)21-17)19(23)18-15-6-4-3-5-13(15)11-24-18/h8,11-12H,3-7,9-10H2,1-2H3. The van der Waals surface area contributed by atoms with Gasteiger partial charge in [0.25, 0.3) is 5.91 Å². The highest BCUT2D eigenvalue weighted by Crippen LogP contribution is 2.32. The van der Waals surface area contributed by atoms with Crippen molar-refractivity contribution in [1.29, 1.82) is 0 Å². The Hall–Kier alpha value is -1.75. The second-order valence-corrected chi connectivity index (χ2v) is 8.17. The van der Waals surface area contributed by atoms with Crippen molar-refractivity contribution in [1.82, 2.24) is 14.9 Å². The van der Waals surface area contributed by atoms with Gasteiger partial charge in [0.2, 0.25) is 0 Å². The number of rotatable bonds is 3. The predicted molar refractivity (Wildman–Crippen MR) is 95.1 cm³/mol.